The minimum absolute atomic E-state index is 0.0988. The average molecular weight is 629 g/mol. The number of rotatable bonds is 9. The molecule has 2 heterocycles. The van der Waals surface area contributed by atoms with Crippen LogP contribution in [0.4, 0.5) is 4.39 Å². The molecule has 0 spiro atoms. The van der Waals surface area contributed by atoms with E-state index in [9.17, 15) is 9.18 Å². The Kier molecular flexibility index (Phi) is 14.5. The summed E-state index contributed by atoms with van der Waals surface area (Å²) in [6.45, 7) is 9.46. The molecule has 1 amide bonds. The average Bonchev–Trinajstić information content (AvgIpc) is 3.73. The van der Waals surface area contributed by atoms with E-state index >= 15 is 0 Å². The van der Waals surface area contributed by atoms with Gasteiger partial charge in [-0.25, -0.2) is 8.70 Å². The first-order valence-corrected chi connectivity index (χ1v) is 16.1. The van der Waals surface area contributed by atoms with Gasteiger partial charge < -0.3 is 9.47 Å². The van der Waals surface area contributed by atoms with E-state index in [4.69, 9.17) is 27.9 Å². The Labute approximate surface area is 259 Å². The van der Waals surface area contributed by atoms with Gasteiger partial charge >= 0.3 is 0 Å². The van der Waals surface area contributed by atoms with Crippen LogP contribution >= 0.6 is 35.3 Å². The molecular weight excluding hydrogens is 584 g/mol. The predicted molar refractivity (Wildman–Crippen MR) is 168 cm³/mol. The number of hydrogen-bond donors (Lipinski definition) is 1. The molecule has 2 aromatic rings. The summed E-state index contributed by atoms with van der Waals surface area (Å²) in [5, 5.41) is 1.32. The number of halogens is 3. The molecule has 2 saturated heterocycles. The monoisotopic (exact) mass is 627 g/mol. The Hall–Kier alpha value is -1.55. The van der Waals surface area contributed by atoms with Gasteiger partial charge in [-0.3, -0.25) is 14.4 Å². The number of nitrogens with zero attached hydrogens (tertiary/aromatic N) is 2. The van der Waals surface area contributed by atoms with Crippen LogP contribution in [0.5, 0.6) is 5.75 Å². The van der Waals surface area contributed by atoms with Crippen molar-refractivity contribution in [3.05, 3.63) is 62.9 Å². The molecule has 41 heavy (non-hydrogen) atoms. The van der Waals surface area contributed by atoms with E-state index in [0.29, 0.717) is 34.2 Å². The van der Waals surface area contributed by atoms with Crippen LogP contribution in [0.25, 0.3) is 0 Å². The van der Waals surface area contributed by atoms with E-state index in [2.05, 4.69) is 28.2 Å². The van der Waals surface area contributed by atoms with Crippen molar-refractivity contribution in [1.29, 1.82) is 0 Å². The molecule has 0 atom stereocenters. The van der Waals surface area contributed by atoms with Crippen molar-refractivity contribution in [3.8, 4) is 5.75 Å². The highest BCUT2D eigenvalue weighted by Gasteiger charge is 2.30. The molecule has 1 saturated carbocycles. The van der Waals surface area contributed by atoms with Crippen molar-refractivity contribution in [3.63, 3.8) is 0 Å². The quantitative estimate of drug-likeness (QED) is 0.284. The molecule has 2 aromatic carbocycles. The number of nitrogens with one attached hydrogen (secondary N) is 1. The van der Waals surface area contributed by atoms with Gasteiger partial charge in [0.1, 0.15) is 11.6 Å². The molecule has 228 valence electrons. The zero-order valence-corrected chi connectivity index (χ0v) is 27.0. The van der Waals surface area contributed by atoms with Crippen molar-refractivity contribution < 1.29 is 18.7 Å². The lowest BCUT2D eigenvalue weighted by Gasteiger charge is -2.32. The van der Waals surface area contributed by atoms with Crippen LogP contribution in [0, 0.1) is 11.7 Å². The molecule has 2 aliphatic heterocycles. The lowest BCUT2D eigenvalue weighted by molar-refractivity contribution is 0.0978. The van der Waals surface area contributed by atoms with Crippen molar-refractivity contribution in [2.45, 2.75) is 64.8 Å². The molecule has 5 rings (SSSR count). The lowest BCUT2D eigenvalue weighted by atomic mass is 9.97. The number of piperidine rings is 1. The van der Waals surface area contributed by atoms with Gasteiger partial charge in [-0.1, -0.05) is 43.5 Å². The summed E-state index contributed by atoms with van der Waals surface area (Å²) in [6.07, 6.45) is 6.52. The highest BCUT2D eigenvalue weighted by Crippen LogP contribution is 2.45. The van der Waals surface area contributed by atoms with Crippen LogP contribution < -0.4 is 9.46 Å². The van der Waals surface area contributed by atoms with Gasteiger partial charge in [0.15, 0.2) is 0 Å². The van der Waals surface area contributed by atoms with Crippen LogP contribution in [-0.2, 0) is 11.3 Å². The second-order valence-electron chi connectivity index (χ2n) is 10.9. The fourth-order valence-corrected chi connectivity index (χ4v) is 5.94. The van der Waals surface area contributed by atoms with Crippen molar-refractivity contribution in [2.75, 3.05) is 47.0 Å². The van der Waals surface area contributed by atoms with Gasteiger partial charge in [0.2, 0.25) is 0 Å². The minimum Gasteiger partial charge on any atom is -0.493 e. The summed E-state index contributed by atoms with van der Waals surface area (Å²) in [6, 6.07) is 8.79. The Morgan fingerprint density at radius 2 is 1.61 bits per heavy atom. The number of methoxy groups -OCH3 is 1. The molecule has 1 aliphatic carbocycles. The molecule has 0 unspecified atom stereocenters. The highest BCUT2D eigenvalue weighted by atomic mass is 35.5. The molecule has 0 radical (unpaired) electrons. The second kappa shape index (κ2) is 17.5. The van der Waals surface area contributed by atoms with Gasteiger partial charge in [0, 0.05) is 62.1 Å². The van der Waals surface area contributed by atoms with Crippen molar-refractivity contribution in [1.82, 2.24) is 13.9 Å². The summed E-state index contributed by atoms with van der Waals surface area (Å²) in [4.78, 5) is 15.0. The Bertz CT molecular complexity index is 1090. The van der Waals surface area contributed by atoms with Gasteiger partial charge in [-0.05, 0) is 92.4 Å². The Morgan fingerprint density at radius 1 is 1.00 bits per heavy atom. The zero-order valence-electron chi connectivity index (χ0n) is 24.7. The summed E-state index contributed by atoms with van der Waals surface area (Å²) >= 11 is 13.5. The molecule has 3 fully saturated rings. The zero-order chi connectivity index (χ0) is 29.8. The van der Waals surface area contributed by atoms with Crippen LogP contribution in [-0.4, -0.2) is 62.1 Å². The van der Waals surface area contributed by atoms with Crippen LogP contribution in [0.1, 0.15) is 79.8 Å². The number of hydrogen-bond acceptors (Lipinski definition) is 6. The van der Waals surface area contributed by atoms with E-state index in [1.54, 1.807) is 26.4 Å². The number of likely N-dealkylation sites (tertiary alicyclic amines) is 1. The Balaban J connectivity index is 0.000000710. The number of carbonyl (C=O) groups is 1. The maximum atomic E-state index is 14.9. The summed E-state index contributed by atoms with van der Waals surface area (Å²) in [7, 11) is 3.25. The first-order chi connectivity index (χ1) is 19.8. The second-order valence-corrected chi connectivity index (χ2v) is 12.6. The van der Waals surface area contributed by atoms with Crippen LogP contribution in [0.3, 0.4) is 0 Å². The van der Waals surface area contributed by atoms with E-state index in [1.807, 2.05) is 16.4 Å². The van der Waals surface area contributed by atoms with E-state index in [-0.39, 0.29) is 11.5 Å². The highest BCUT2D eigenvalue weighted by molar-refractivity contribution is 7.95. The molecular formula is C31H44Cl2FN3O3S. The van der Waals surface area contributed by atoms with E-state index in [1.165, 1.54) is 24.6 Å². The third kappa shape index (κ3) is 11.2. The fraction of sp³-hybridized carbons (Fsp3) is 0.581. The number of benzene rings is 2. The minimum atomic E-state index is -0.527. The molecule has 10 heteroatoms. The normalized spacial score (nSPS) is 17.4. The van der Waals surface area contributed by atoms with Crippen LogP contribution in [0.15, 0.2) is 30.3 Å². The number of ether oxygens (including phenoxy) is 2. The van der Waals surface area contributed by atoms with Crippen molar-refractivity contribution >= 4 is 41.2 Å². The van der Waals surface area contributed by atoms with Crippen molar-refractivity contribution in [2.24, 2.45) is 5.92 Å². The maximum absolute atomic E-state index is 14.9. The number of carbonyl (C=O) groups excluding carboxylic acids is 1. The lowest BCUT2D eigenvalue weighted by Crippen LogP contribution is -2.35. The van der Waals surface area contributed by atoms with Gasteiger partial charge in [-0.2, -0.15) is 0 Å². The predicted octanol–water partition coefficient (Wildman–Crippen LogP) is 7.98. The Morgan fingerprint density at radius 3 is 2.15 bits per heavy atom. The van der Waals surface area contributed by atoms with Crippen LogP contribution in [0.2, 0.25) is 10.0 Å². The SMILES string of the molecule is CCC.COC.O=C(NSN1CCC1)c1cc(C2CC2)c(OCC2CCN(Cc3cc(Cl)cc(Cl)c3)CC2)cc1F. The summed E-state index contributed by atoms with van der Waals surface area (Å²) < 4.78 is 30.1. The first kappa shape index (κ1) is 33.9. The molecule has 0 bridgehead atoms. The third-order valence-corrected chi connectivity index (χ3v) is 8.29. The topological polar surface area (TPSA) is 54.0 Å². The molecule has 1 N–H and O–H groups in total. The summed E-state index contributed by atoms with van der Waals surface area (Å²) in [5.74, 6) is 0.446. The maximum Gasteiger partial charge on any atom is 0.265 e. The summed E-state index contributed by atoms with van der Waals surface area (Å²) in [5.41, 5.74) is 2.18. The molecule has 6 nitrogen and oxygen atoms in total. The fourth-order valence-electron chi connectivity index (χ4n) is 4.60. The van der Waals surface area contributed by atoms with Gasteiger partial charge in [-0.15, -0.1) is 0 Å². The standard InChI is InChI=1S/C26H30Cl2FN3O2S.C3H8.C2H6O/c27-20-10-18(11-21(28)12-20)15-31-8-4-17(5-9-31)16-34-25-14-24(29)23(13-22(25)19-2-3-19)26(33)30-35-32-6-1-7-32;2*1-3-2/h10-14,17,19H,1-9,15-16H2,(H,30,33);3H2,1-2H3;1-2H3. The largest absolute Gasteiger partial charge is 0.493 e. The van der Waals surface area contributed by atoms with Gasteiger partial charge in [0.25, 0.3) is 5.91 Å². The van der Waals surface area contributed by atoms with E-state index in [0.717, 1.165) is 76.0 Å². The van der Waals surface area contributed by atoms with Gasteiger partial charge in [0.05, 0.1) is 12.2 Å². The number of amides is 1. The first-order valence-electron chi connectivity index (χ1n) is 14.5. The third-order valence-electron chi connectivity index (χ3n) is 6.95. The smallest absolute Gasteiger partial charge is 0.265 e. The molecule has 0 aromatic heterocycles. The van der Waals surface area contributed by atoms with E-state index < -0.39 is 5.82 Å². The molecule has 3 aliphatic rings.